The van der Waals surface area contributed by atoms with E-state index in [1.807, 2.05) is 22.4 Å². The molecular weight excluding hydrogens is 298 g/mol. The Kier molecular flexibility index (Phi) is 5.28. The third kappa shape index (κ3) is 3.42. The van der Waals surface area contributed by atoms with Crippen molar-refractivity contribution in [3.63, 3.8) is 0 Å². The van der Waals surface area contributed by atoms with Gasteiger partial charge in [-0.25, -0.2) is 0 Å². The molecule has 3 unspecified atom stereocenters. The van der Waals surface area contributed by atoms with Gasteiger partial charge >= 0.3 is 0 Å². The number of morpholine rings is 1. The van der Waals surface area contributed by atoms with Crippen LogP contribution < -0.4 is 0 Å². The summed E-state index contributed by atoms with van der Waals surface area (Å²) < 4.78 is 11.6. The number of nitrogens with zero attached hydrogens (tertiary/aromatic N) is 1. The minimum atomic E-state index is 0.130. The van der Waals surface area contributed by atoms with Crippen molar-refractivity contribution in [1.82, 2.24) is 4.90 Å². The van der Waals surface area contributed by atoms with E-state index in [1.165, 1.54) is 0 Å². The van der Waals surface area contributed by atoms with E-state index in [-0.39, 0.29) is 18.1 Å². The smallest absolute Gasteiger partial charge is 0.228 e. The molecule has 2 heterocycles. The van der Waals surface area contributed by atoms with Crippen LogP contribution in [0.4, 0.5) is 0 Å². The summed E-state index contributed by atoms with van der Waals surface area (Å²) in [6.45, 7) is 6.29. The number of fused-ring (bicyclic) bond motifs is 1. The molecule has 1 amide bonds. The molecular formula is C17H23NO3S. The van der Waals surface area contributed by atoms with Gasteiger partial charge in [0.2, 0.25) is 5.91 Å². The van der Waals surface area contributed by atoms with Crippen molar-refractivity contribution in [2.75, 3.05) is 26.4 Å². The van der Waals surface area contributed by atoms with Crippen molar-refractivity contribution < 1.29 is 14.3 Å². The highest BCUT2D eigenvalue weighted by Gasteiger charge is 2.44. The van der Waals surface area contributed by atoms with Crippen molar-refractivity contribution in [2.45, 2.75) is 31.4 Å². The van der Waals surface area contributed by atoms with E-state index in [0.29, 0.717) is 38.7 Å². The molecule has 1 aliphatic carbocycles. The molecule has 1 aromatic rings. The van der Waals surface area contributed by atoms with Gasteiger partial charge in [0.25, 0.3) is 0 Å². The van der Waals surface area contributed by atoms with Crippen LogP contribution >= 0.6 is 11.3 Å². The van der Waals surface area contributed by atoms with Gasteiger partial charge in [-0.1, -0.05) is 12.1 Å². The lowest BCUT2D eigenvalue weighted by Gasteiger charge is -2.39. The van der Waals surface area contributed by atoms with Crippen LogP contribution in [0.1, 0.15) is 17.7 Å². The molecule has 2 fully saturated rings. The topological polar surface area (TPSA) is 38.8 Å². The number of hydrogen-bond acceptors (Lipinski definition) is 4. The third-order valence-corrected chi connectivity index (χ3v) is 5.39. The average Bonchev–Trinajstić information content (AvgIpc) is 3.17. The van der Waals surface area contributed by atoms with Gasteiger partial charge in [0, 0.05) is 17.3 Å². The van der Waals surface area contributed by atoms with Crippen LogP contribution in [-0.2, 0) is 20.7 Å². The second-order valence-corrected chi connectivity index (χ2v) is 6.94. The molecule has 0 radical (unpaired) electrons. The molecule has 0 spiro atoms. The van der Waals surface area contributed by atoms with Crippen LogP contribution in [0.2, 0.25) is 0 Å². The molecule has 0 N–H and O–H groups in total. The summed E-state index contributed by atoms with van der Waals surface area (Å²) in [5, 5.41) is 2.02. The summed E-state index contributed by atoms with van der Waals surface area (Å²) in [4.78, 5) is 15.8. The summed E-state index contributed by atoms with van der Waals surface area (Å²) in [5.41, 5.74) is 0. The zero-order chi connectivity index (χ0) is 15.4. The van der Waals surface area contributed by atoms with E-state index in [0.717, 1.165) is 17.7 Å². The molecule has 3 rings (SSSR count). The fourth-order valence-corrected chi connectivity index (χ4v) is 4.21. The van der Waals surface area contributed by atoms with E-state index >= 15 is 0 Å². The van der Waals surface area contributed by atoms with Crippen molar-refractivity contribution in [3.05, 3.63) is 35.0 Å². The predicted molar refractivity (Wildman–Crippen MR) is 87.0 cm³/mol. The van der Waals surface area contributed by atoms with Crippen LogP contribution in [0.25, 0.3) is 0 Å². The molecule has 4 nitrogen and oxygen atoms in total. The Morgan fingerprint density at radius 1 is 1.55 bits per heavy atom. The average molecular weight is 321 g/mol. The lowest BCUT2D eigenvalue weighted by atomic mass is 10.0. The number of amides is 1. The zero-order valence-electron chi connectivity index (χ0n) is 12.8. The lowest BCUT2D eigenvalue weighted by molar-refractivity contribution is -0.146. The summed E-state index contributed by atoms with van der Waals surface area (Å²) in [7, 11) is 0. The molecule has 1 saturated carbocycles. The zero-order valence-corrected chi connectivity index (χ0v) is 13.6. The molecule has 1 aromatic heterocycles. The molecule has 120 valence electrons. The van der Waals surface area contributed by atoms with E-state index in [9.17, 15) is 4.79 Å². The van der Waals surface area contributed by atoms with Gasteiger partial charge < -0.3 is 14.4 Å². The molecule has 1 aliphatic heterocycles. The number of rotatable bonds is 6. The Labute approximate surface area is 135 Å². The maximum atomic E-state index is 12.6. The minimum Gasteiger partial charge on any atom is -0.377 e. The van der Waals surface area contributed by atoms with Gasteiger partial charge in [0.15, 0.2) is 0 Å². The minimum absolute atomic E-state index is 0.130. The molecule has 3 atom stereocenters. The molecule has 22 heavy (non-hydrogen) atoms. The molecule has 1 saturated heterocycles. The van der Waals surface area contributed by atoms with Gasteiger partial charge in [-0.2, -0.15) is 0 Å². The monoisotopic (exact) mass is 321 g/mol. The standard InChI is InChI=1S/C17H23NO3S/c1-2-8-20-12-13-5-6-15-17(13)21-9-7-18(15)16(19)11-14-4-3-10-22-14/h2-4,10,13,15,17H,1,5-9,11-12H2. The van der Waals surface area contributed by atoms with Crippen molar-refractivity contribution in [1.29, 1.82) is 0 Å². The summed E-state index contributed by atoms with van der Waals surface area (Å²) >= 11 is 1.65. The molecule has 0 aromatic carbocycles. The van der Waals surface area contributed by atoms with Gasteiger partial charge in [-0.15, -0.1) is 17.9 Å². The number of thiophene rings is 1. The fourth-order valence-electron chi connectivity index (χ4n) is 3.52. The van der Waals surface area contributed by atoms with Crippen molar-refractivity contribution in [2.24, 2.45) is 5.92 Å². The SMILES string of the molecule is C=CCOCC1CCC2C1OCCN2C(=O)Cc1cccs1. The highest BCUT2D eigenvalue weighted by Crippen LogP contribution is 2.35. The van der Waals surface area contributed by atoms with Crippen LogP contribution in [0.15, 0.2) is 30.2 Å². The fraction of sp³-hybridized carbons (Fsp3) is 0.588. The van der Waals surface area contributed by atoms with E-state index in [1.54, 1.807) is 17.4 Å². The predicted octanol–water partition coefficient (Wildman–Crippen LogP) is 2.50. The summed E-state index contributed by atoms with van der Waals surface area (Å²) in [6.07, 6.45) is 4.49. The number of hydrogen-bond donors (Lipinski definition) is 0. The van der Waals surface area contributed by atoms with Gasteiger partial charge in [0.05, 0.1) is 38.4 Å². The quantitative estimate of drug-likeness (QED) is 0.597. The Morgan fingerprint density at radius 2 is 2.45 bits per heavy atom. The molecule has 0 bridgehead atoms. The van der Waals surface area contributed by atoms with E-state index in [4.69, 9.17) is 9.47 Å². The lowest BCUT2D eigenvalue weighted by Crippen LogP contribution is -2.53. The van der Waals surface area contributed by atoms with Crippen molar-refractivity contribution >= 4 is 17.2 Å². The number of carbonyl (C=O) groups excluding carboxylic acids is 1. The van der Waals surface area contributed by atoms with E-state index in [2.05, 4.69) is 6.58 Å². The van der Waals surface area contributed by atoms with Crippen LogP contribution in [0, 0.1) is 5.92 Å². The van der Waals surface area contributed by atoms with Crippen LogP contribution in [-0.4, -0.2) is 49.3 Å². The first-order valence-corrected chi connectivity index (χ1v) is 8.79. The van der Waals surface area contributed by atoms with Crippen molar-refractivity contribution in [3.8, 4) is 0 Å². The first-order chi connectivity index (χ1) is 10.8. The Hall–Kier alpha value is -1.17. The highest BCUT2D eigenvalue weighted by atomic mass is 32.1. The largest absolute Gasteiger partial charge is 0.377 e. The van der Waals surface area contributed by atoms with Crippen LogP contribution in [0.3, 0.4) is 0 Å². The summed E-state index contributed by atoms with van der Waals surface area (Å²) in [5.74, 6) is 0.621. The Morgan fingerprint density at radius 3 is 3.23 bits per heavy atom. The van der Waals surface area contributed by atoms with E-state index < -0.39 is 0 Å². The number of ether oxygens (including phenoxy) is 2. The van der Waals surface area contributed by atoms with Gasteiger partial charge in [0.1, 0.15) is 0 Å². The Bertz CT molecular complexity index is 502. The highest BCUT2D eigenvalue weighted by molar-refractivity contribution is 7.10. The normalized spacial score (nSPS) is 27.6. The van der Waals surface area contributed by atoms with Crippen LogP contribution in [0.5, 0.6) is 0 Å². The first-order valence-electron chi connectivity index (χ1n) is 7.91. The second kappa shape index (κ2) is 7.40. The Balaban J connectivity index is 1.60. The van der Waals surface area contributed by atoms with Gasteiger partial charge in [-0.3, -0.25) is 4.79 Å². The molecule has 5 heteroatoms. The molecule has 2 aliphatic rings. The third-order valence-electron chi connectivity index (χ3n) is 4.51. The maximum Gasteiger partial charge on any atom is 0.228 e. The number of carbonyl (C=O) groups is 1. The van der Waals surface area contributed by atoms with Gasteiger partial charge in [-0.05, 0) is 24.3 Å². The first kappa shape index (κ1) is 15.7. The summed E-state index contributed by atoms with van der Waals surface area (Å²) in [6, 6.07) is 4.25. The second-order valence-electron chi connectivity index (χ2n) is 5.91. The maximum absolute atomic E-state index is 12.6.